The minimum absolute atomic E-state index is 0.0812. The first kappa shape index (κ1) is 19.7. The summed E-state index contributed by atoms with van der Waals surface area (Å²) in [6.07, 6.45) is 1.15. The van der Waals surface area contributed by atoms with Gasteiger partial charge in [0.25, 0.3) is 0 Å². The van der Waals surface area contributed by atoms with E-state index in [0.29, 0.717) is 19.4 Å². The first-order valence-corrected chi connectivity index (χ1v) is 10.3. The highest BCUT2D eigenvalue weighted by molar-refractivity contribution is 5.76. The molecule has 1 atom stereocenters. The highest BCUT2D eigenvalue weighted by Crippen LogP contribution is 2.32. The van der Waals surface area contributed by atoms with E-state index in [0.717, 1.165) is 43.2 Å². The number of fused-ring (bicyclic) bond motifs is 1. The second-order valence-corrected chi connectivity index (χ2v) is 7.76. The lowest BCUT2D eigenvalue weighted by atomic mass is 10.0. The van der Waals surface area contributed by atoms with E-state index in [2.05, 4.69) is 46.4 Å². The van der Waals surface area contributed by atoms with E-state index in [1.165, 1.54) is 5.56 Å². The molecule has 6 nitrogen and oxygen atoms in total. The zero-order chi connectivity index (χ0) is 20.1. The summed E-state index contributed by atoms with van der Waals surface area (Å²) >= 11 is 0. The van der Waals surface area contributed by atoms with E-state index < -0.39 is 0 Å². The molecule has 2 aliphatic rings. The fourth-order valence-corrected chi connectivity index (χ4v) is 3.92. The van der Waals surface area contributed by atoms with Gasteiger partial charge in [-0.25, -0.2) is 0 Å². The van der Waals surface area contributed by atoms with Crippen molar-refractivity contribution in [2.24, 2.45) is 0 Å². The molecule has 6 heteroatoms. The van der Waals surface area contributed by atoms with Crippen molar-refractivity contribution in [3.8, 4) is 11.5 Å². The van der Waals surface area contributed by atoms with Crippen LogP contribution in [0.15, 0.2) is 48.5 Å². The molecule has 1 N–H and O–H groups in total. The summed E-state index contributed by atoms with van der Waals surface area (Å²) in [5, 5.41) is 3.16. The van der Waals surface area contributed by atoms with Crippen molar-refractivity contribution >= 4 is 5.91 Å². The number of piperazine rings is 1. The van der Waals surface area contributed by atoms with Gasteiger partial charge in [0.2, 0.25) is 12.7 Å². The van der Waals surface area contributed by atoms with Crippen molar-refractivity contribution in [1.29, 1.82) is 0 Å². The Bertz CT molecular complexity index is 819. The molecule has 2 aliphatic heterocycles. The Kier molecular flexibility index (Phi) is 6.32. The number of benzene rings is 2. The average Bonchev–Trinajstić information content (AvgIpc) is 3.22. The minimum atomic E-state index is 0.0812. The molecule has 1 amide bonds. The van der Waals surface area contributed by atoms with Gasteiger partial charge in [0.05, 0.1) is 6.04 Å². The number of likely N-dealkylation sites (N-methyl/N-ethyl adjacent to an activating group) is 1. The predicted octanol–water partition coefficient (Wildman–Crippen LogP) is 2.45. The molecule has 2 heterocycles. The van der Waals surface area contributed by atoms with Crippen molar-refractivity contribution in [2.75, 3.05) is 46.6 Å². The average molecular weight is 396 g/mol. The fourth-order valence-electron chi connectivity index (χ4n) is 3.92. The molecular formula is C23H29N3O3. The van der Waals surface area contributed by atoms with Crippen LogP contribution in [0, 0.1) is 0 Å². The molecule has 0 aliphatic carbocycles. The summed E-state index contributed by atoms with van der Waals surface area (Å²) < 4.78 is 10.8. The van der Waals surface area contributed by atoms with Gasteiger partial charge in [-0.05, 0) is 36.7 Å². The van der Waals surface area contributed by atoms with Crippen molar-refractivity contribution in [3.05, 3.63) is 59.7 Å². The molecule has 2 aromatic carbocycles. The van der Waals surface area contributed by atoms with Crippen LogP contribution in [0.25, 0.3) is 0 Å². The number of nitrogens with one attached hydrogen (secondary N) is 1. The number of carbonyl (C=O) groups excluding carboxylic acids is 1. The van der Waals surface area contributed by atoms with Gasteiger partial charge >= 0.3 is 0 Å². The number of aryl methyl sites for hydroxylation is 1. The molecule has 1 fully saturated rings. The van der Waals surface area contributed by atoms with Crippen LogP contribution >= 0.6 is 0 Å². The van der Waals surface area contributed by atoms with Crippen LogP contribution in [0.3, 0.4) is 0 Å². The van der Waals surface area contributed by atoms with Crippen LogP contribution in [-0.4, -0.2) is 62.3 Å². The highest BCUT2D eigenvalue weighted by Gasteiger charge is 2.24. The van der Waals surface area contributed by atoms with Gasteiger partial charge in [0, 0.05) is 39.1 Å². The zero-order valence-corrected chi connectivity index (χ0v) is 17.0. The lowest BCUT2D eigenvalue weighted by Crippen LogP contribution is -2.48. The second kappa shape index (κ2) is 9.29. The monoisotopic (exact) mass is 395 g/mol. The first-order chi connectivity index (χ1) is 14.2. The third-order valence-corrected chi connectivity index (χ3v) is 5.73. The van der Waals surface area contributed by atoms with E-state index in [1.54, 1.807) is 0 Å². The second-order valence-electron chi connectivity index (χ2n) is 7.76. The zero-order valence-electron chi connectivity index (χ0n) is 17.0. The summed E-state index contributed by atoms with van der Waals surface area (Å²) in [4.78, 5) is 17.4. The maximum Gasteiger partial charge on any atom is 0.231 e. The Morgan fingerprint density at radius 2 is 1.79 bits per heavy atom. The van der Waals surface area contributed by atoms with Gasteiger partial charge in [-0.2, -0.15) is 0 Å². The standard InChI is InChI=1S/C23H29N3O3/c1-25-11-13-26(14-12-25)20(19-5-3-2-4-6-19)16-24-23(27)10-8-18-7-9-21-22(15-18)29-17-28-21/h2-7,9,15,20H,8,10-14,16-17H2,1H3,(H,24,27). The van der Waals surface area contributed by atoms with Crippen molar-refractivity contribution < 1.29 is 14.3 Å². The first-order valence-electron chi connectivity index (χ1n) is 10.3. The lowest BCUT2D eigenvalue weighted by molar-refractivity contribution is -0.121. The smallest absolute Gasteiger partial charge is 0.231 e. The largest absolute Gasteiger partial charge is 0.454 e. The number of hydrogen-bond donors (Lipinski definition) is 1. The number of rotatable bonds is 7. The summed E-state index contributed by atoms with van der Waals surface area (Å²) in [5.74, 6) is 1.62. The van der Waals surface area contributed by atoms with Gasteiger partial charge in [0.1, 0.15) is 0 Å². The third kappa shape index (κ3) is 5.08. The molecule has 1 saturated heterocycles. The van der Waals surface area contributed by atoms with Crippen LogP contribution in [0.1, 0.15) is 23.6 Å². The van der Waals surface area contributed by atoms with Crippen LogP contribution in [0.2, 0.25) is 0 Å². The summed E-state index contributed by atoms with van der Waals surface area (Å²) in [5.41, 5.74) is 2.34. The Morgan fingerprint density at radius 3 is 2.59 bits per heavy atom. The lowest BCUT2D eigenvalue weighted by Gasteiger charge is -2.38. The predicted molar refractivity (Wildman–Crippen MR) is 112 cm³/mol. The topological polar surface area (TPSA) is 54.0 Å². The molecule has 29 heavy (non-hydrogen) atoms. The van der Waals surface area contributed by atoms with Crippen LogP contribution < -0.4 is 14.8 Å². The number of amides is 1. The van der Waals surface area contributed by atoms with Crippen LogP contribution in [0.4, 0.5) is 0 Å². The van der Waals surface area contributed by atoms with Gasteiger partial charge < -0.3 is 19.7 Å². The molecule has 0 bridgehead atoms. The van der Waals surface area contributed by atoms with Gasteiger partial charge in [-0.15, -0.1) is 0 Å². The number of hydrogen-bond acceptors (Lipinski definition) is 5. The Balaban J connectivity index is 1.32. The maximum atomic E-state index is 12.5. The molecule has 1 unspecified atom stereocenters. The van der Waals surface area contributed by atoms with Gasteiger partial charge in [-0.1, -0.05) is 36.4 Å². The van der Waals surface area contributed by atoms with Crippen LogP contribution in [-0.2, 0) is 11.2 Å². The Morgan fingerprint density at radius 1 is 1.03 bits per heavy atom. The molecule has 4 rings (SSSR count). The number of carbonyl (C=O) groups is 1. The normalized spacial score (nSPS) is 17.8. The molecule has 0 saturated carbocycles. The van der Waals surface area contributed by atoms with Crippen molar-refractivity contribution in [2.45, 2.75) is 18.9 Å². The van der Waals surface area contributed by atoms with E-state index in [9.17, 15) is 4.79 Å². The maximum absolute atomic E-state index is 12.5. The van der Waals surface area contributed by atoms with Gasteiger partial charge in [0.15, 0.2) is 11.5 Å². The third-order valence-electron chi connectivity index (χ3n) is 5.73. The van der Waals surface area contributed by atoms with Gasteiger partial charge in [-0.3, -0.25) is 9.69 Å². The van der Waals surface area contributed by atoms with Crippen molar-refractivity contribution in [3.63, 3.8) is 0 Å². The summed E-state index contributed by atoms with van der Waals surface area (Å²) in [6, 6.07) is 16.6. The molecule has 154 valence electrons. The van der Waals surface area contributed by atoms with E-state index in [1.807, 2.05) is 24.3 Å². The number of ether oxygens (including phenoxy) is 2. The van der Waals surface area contributed by atoms with E-state index >= 15 is 0 Å². The Hall–Kier alpha value is -2.57. The van der Waals surface area contributed by atoms with Crippen LogP contribution in [0.5, 0.6) is 11.5 Å². The van der Waals surface area contributed by atoms with Crippen molar-refractivity contribution in [1.82, 2.24) is 15.1 Å². The van der Waals surface area contributed by atoms with E-state index in [-0.39, 0.29) is 18.7 Å². The Labute approximate surface area is 172 Å². The highest BCUT2D eigenvalue weighted by atomic mass is 16.7. The fraction of sp³-hybridized carbons (Fsp3) is 0.435. The molecule has 0 spiro atoms. The summed E-state index contributed by atoms with van der Waals surface area (Å²) in [7, 11) is 2.16. The quantitative estimate of drug-likeness (QED) is 0.781. The number of nitrogens with zero attached hydrogens (tertiary/aromatic N) is 2. The molecule has 0 aromatic heterocycles. The molecule has 0 radical (unpaired) electrons. The molecule has 2 aromatic rings. The SMILES string of the molecule is CN1CCN(C(CNC(=O)CCc2ccc3c(c2)OCO3)c2ccccc2)CC1. The van der Waals surface area contributed by atoms with E-state index in [4.69, 9.17) is 9.47 Å². The minimum Gasteiger partial charge on any atom is -0.454 e. The summed E-state index contributed by atoms with van der Waals surface area (Å²) in [6.45, 7) is 5.05. The molecular weight excluding hydrogens is 366 g/mol.